The molecule has 0 heterocycles. The standard InChI is InChI=1S/C22H45/c1-5-6-7-8-9-10-11-12-13-14-15-16-17-18-19-20-21-22(2,3)4/h1,5-21H2,2-4H3. The predicted octanol–water partition coefficient (Wildman–Crippen LogP) is 8.50. The molecule has 0 amide bonds. The van der Waals surface area contributed by atoms with E-state index in [1.807, 2.05) is 0 Å². The van der Waals surface area contributed by atoms with E-state index < -0.39 is 0 Å². The molecule has 0 fully saturated rings. The molecule has 0 rings (SSSR count). The van der Waals surface area contributed by atoms with Crippen LogP contribution in [0.1, 0.15) is 130 Å². The van der Waals surface area contributed by atoms with Gasteiger partial charge in [0, 0.05) is 0 Å². The first-order chi connectivity index (χ1) is 10.6. The first-order valence-corrected chi connectivity index (χ1v) is 10.4. The maximum atomic E-state index is 3.90. The van der Waals surface area contributed by atoms with Gasteiger partial charge in [-0.2, -0.15) is 0 Å². The monoisotopic (exact) mass is 309 g/mol. The van der Waals surface area contributed by atoms with Crippen LogP contribution in [0.15, 0.2) is 0 Å². The Bertz CT molecular complexity index is 199. The maximum absolute atomic E-state index is 3.90. The Labute approximate surface area is 142 Å². The van der Waals surface area contributed by atoms with Gasteiger partial charge in [-0.15, -0.1) is 0 Å². The highest BCUT2D eigenvalue weighted by Crippen LogP contribution is 2.22. The Morgan fingerprint density at radius 1 is 0.455 bits per heavy atom. The van der Waals surface area contributed by atoms with Crippen molar-refractivity contribution in [3.63, 3.8) is 0 Å². The number of hydrogen-bond acceptors (Lipinski definition) is 0. The molecule has 0 nitrogen and oxygen atoms in total. The number of hydrogen-bond donors (Lipinski definition) is 0. The zero-order valence-corrected chi connectivity index (χ0v) is 16.2. The largest absolute Gasteiger partial charge is 0.0602 e. The van der Waals surface area contributed by atoms with Crippen LogP contribution in [-0.2, 0) is 0 Å². The SMILES string of the molecule is [CH2]CCCCCCCCCCCCCCCCCC(C)(C)C. The summed E-state index contributed by atoms with van der Waals surface area (Å²) in [5.74, 6) is 0. The van der Waals surface area contributed by atoms with Crippen LogP contribution < -0.4 is 0 Å². The molecule has 0 atom stereocenters. The van der Waals surface area contributed by atoms with Gasteiger partial charge in [0.05, 0.1) is 0 Å². The third kappa shape index (κ3) is 20.0. The minimum absolute atomic E-state index is 0.535. The van der Waals surface area contributed by atoms with Crippen LogP contribution in [0.4, 0.5) is 0 Å². The molecule has 0 saturated heterocycles. The average Bonchev–Trinajstić information content (AvgIpc) is 2.45. The Hall–Kier alpha value is 0. The van der Waals surface area contributed by atoms with Gasteiger partial charge < -0.3 is 0 Å². The Morgan fingerprint density at radius 2 is 0.727 bits per heavy atom. The van der Waals surface area contributed by atoms with Crippen molar-refractivity contribution in [2.24, 2.45) is 5.41 Å². The van der Waals surface area contributed by atoms with Crippen LogP contribution in [0.5, 0.6) is 0 Å². The van der Waals surface area contributed by atoms with Crippen LogP contribution in [0, 0.1) is 12.3 Å². The topological polar surface area (TPSA) is 0 Å². The molecule has 0 aromatic rings. The Morgan fingerprint density at radius 3 is 1.00 bits per heavy atom. The fourth-order valence-electron chi connectivity index (χ4n) is 3.13. The van der Waals surface area contributed by atoms with Gasteiger partial charge in [-0.25, -0.2) is 0 Å². The van der Waals surface area contributed by atoms with Crippen LogP contribution in [0.2, 0.25) is 0 Å². The Kier molecular flexibility index (Phi) is 15.9. The van der Waals surface area contributed by atoms with E-state index in [9.17, 15) is 0 Å². The van der Waals surface area contributed by atoms with Crippen LogP contribution in [0.3, 0.4) is 0 Å². The van der Waals surface area contributed by atoms with Crippen molar-refractivity contribution < 1.29 is 0 Å². The molecule has 22 heavy (non-hydrogen) atoms. The predicted molar refractivity (Wildman–Crippen MR) is 103 cm³/mol. The molecule has 0 spiro atoms. The Balaban J connectivity index is 3.00. The van der Waals surface area contributed by atoms with Gasteiger partial charge in [-0.05, 0) is 11.8 Å². The summed E-state index contributed by atoms with van der Waals surface area (Å²) in [5.41, 5.74) is 0.535. The van der Waals surface area contributed by atoms with E-state index >= 15 is 0 Å². The summed E-state index contributed by atoms with van der Waals surface area (Å²) >= 11 is 0. The van der Waals surface area contributed by atoms with Gasteiger partial charge in [0.1, 0.15) is 0 Å². The summed E-state index contributed by atoms with van der Waals surface area (Å²) < 4.78 is 0. The van der Waals surface area contributed by atoms with Crippen molar-refractivity contribution in [1.82, 2.24) is 0 Å². The molecule has 0 aliphatic heterocycles. The van der Waals surface area contributed by atoms with Crippen molar-refractivity contribution in [1.29, 1.82) is 0 Å². The van der Waals surface area contributed by atoms with Crippen molar-refractivity contribution in [2.45, 2.75) is 130 Å². The highest BCUT2D eigenvalue weighted by Gasteiger charge is 2.08. The molecule has 0 aliphatic rings. The molecule has 0 bridgehead atoms. The van der Waals surface area contributed by atoms with Crippen molar-refractivity contribution in [3.8, 4) is 0 Å². The quantitative estimate of drug-likeness (QED) is 0.251. The maximum Gasteiger partial charge on any atom is -0.0383 e. The van der Waals surface area contributed by atoms with E-state index in [-0.39, 0.29) is 0 Å². The van der Waals surface area contributed by atoms with E-state index in [1.54, 1.807) is 0 Å². The van der Waals surface area contributed by atoms with E-state index in [2.05, 4.69) is 27.7 Å². The molecule has 1 radical (unpaired) electrons. The molecular formula is C22H45. The highest BCUT2D eigenvalue weighted by atomic mass is 14.1. The summed E-state index contributed by atoms with van der Waals surface area (Å²) in [6, 6.07) is 0. The van der Waals surface area contributed by atoms with Gasteiger partial charge >= 0.3 is 0 Å². The first-order valence-electron chi connectivity index (χ1n) is 10.4. The van der Waals surface area contributed by atoms with Crippen molar-refractivity contribution >= 4 is 0 Å². The van der Waals surface area contributed by atoms with Gasteiger partial charge in [-0.1, -0.05) is 130 Å². The summed E-state index contributed by atoms with van der Waals surface area (Å²) in [5, 5.41) is 0. The highest BCUT2D eigenvalue weighted by molar-refractivity contribution is 4.61. The second kappa shape index (κ2) is 15.9. The fourth-order valence-corrected chi connectivity index (χ4v) is 3.13. The van der Waals surface area contributed by atoms with E-state index in [1.165, 1.54) is 103 Å². The van der Waals surface area contributed by atoms with Gasteiger partial charge in [-0.3, -0.25) is 0 Å². The van der Waals surface area contributed by atoms with E-state index in [4.69, 9.17) is 0 Å². The first kappa shape index (κ1) is 22.0. The molecule has 0 aromatic carbocycles. The summed E-state index contributed by atoms with van der Waals surface area (Å²) in [6.07, 6.45) is 24.2. The van der Waals surface area contributed by atoms with Crippen molar-refractivity contribution in [2.75, 3.05) is 0 Å². The van der Waals surface area contributed by atoms with Gasteiger partial charge in [0.15, 0.2) is 0 Å². The second-order valence-electron chi connectivity index (χ2n) is 8.47. The van der Waals surface area contributed by atoms with Gasteiger partial charge in [0.2, 0.25) is 0 Å². The molecule has 0 saturated carbocycles. The van der Waals surface area contributed by atoms with Crippen LogP contribution >= 0.6 is 0 Å². The zero-order valence-electron chi connectivity index (χ0n) is 16.2. The van der Waals surface area contributed by atoms with E-state index in [0.717, 1.165) is 6.42 Å². The van der Waals surface area contributed by atoms with Crippen molar-refractivity contribution in [3.05, 3.63) is 6.92 Å². The second-order valence-corrected chi connectivity index (χ2v) is 8.47. The molecule has 0 aromatic heterocycles. The molecule has 0 unspecified atom stereocenters. The van der Waals surface area contributed by atoms with Crippen LogP contribution in [0.25, 0.3) is 0 Å². The smallest absolute Gasteiger partial charge is 0.0383 e. The number of unbranched alkanes of at least 4 members (excludes halogenated alkanes) is 15. The molecule has 0 aliphatic carbocycles. The van der Waals surface area contributed by atoms with Gasteiger partial charge in [0.25, 0.3) is 0 Å². The lowest BCUT2D eigenvalue weighted by Crippen LogP contribution is -2.03. The molecule has 133 valence electrons. The lowest BCUT2D eigenvalue weighted by Gasteiger charge is -2.17. The van der Waals surface area contributed by atoms with Crippen LogP contribution in [-0.4, -0.2) is 0 Å². The van der Waals surface area contributed by atoms with E-state index in [0.29, 0.717) is 5.41 Å². The summed E-state index contributed by atoms with van der Waals surface area (Å²) in [7, 11) is 0. The summed E-state index contributed by atoms with van der Waals surface area (Å²) in [4.78, 5) is 0. The lowest BCUT2D eigenvalue weighted by molar-refractivity contribution is 0.356. The summed E-state index contributed by atoms with van der Waals surface area (Å²) in [6.45, 7) is 11.0. The molecule has 0 N–H and O–H groups in total. The third-order valence-corrected chi connectivity index (χ3v) is 4.68. The third-order valence-electron chi connectivity index (χ3n) is 4.68. The average molecular weight is 310 g/mol. The fraction of sp³-hybridized carbons (Fsp3) is 0.955. The minimum Gasteiger partial charge on any atom is -0.0602 e. The minimum atomic E-state index is 0.535. The normalized spacial score (nSPS) is 12.0. The molecular weight excluding hydrogens is 264 g/mol. The molecule has 0 heteroatoms. The lowest BCUT2D eigenvalue weighted by atomic mass is 9.89. The zero-order chi connectivity index (χ0) is 16.5. The number of rotatable bonds is 16.